The Morgan fingerprint density at radius 2 is 1.96 bits per heavy atom. The third kappa shape index (κ3) is 3.34. The lowest BCUT2D eigenvalue weighted by atomic mass is 10.0. The predicted octanol–water partition coefficient (Wildman–Crippen LogP) is 0.0998. The highest BCUT2D eigenvalue weighted by Gasteiger charge is 2.36. The Morgan fingerprint density at radius 3 is 2.61 bits per heavy atom. The zero-order valence-electron chi connectivity index (χ0n) is 13.0. The van der Waals surface area contributed by atoms with Crippen molar-refractivity contribution in [1.29, 1.82) is 0 Å². The van der Waals surface area contributed by atoms with Crippen molar-refractivity contribution in [3.63, 3.8) is 0 Å². The fourth-order valence-corrected chi connectivity index (χ4v) is 3.07. The molecule has 122 valence electrons. The summed E-state index contributed by atoms with van der Waals surface area (Å²) in [5, 5.41) is 4.64. The number of carbonyl (C=O) groups is 3. The van der Waals surface area contributed by atoms with Gasteiger partial charge in [-0.2, -0.15) is 0 Å². The van der Waals surface area contributed by atoms with Crippen molar-refractivity contribution in [1.82, 2.24) is 20.4 Å². The zero-order valence-corrected chi connectivity index (χ0v) is 13.0. The van der Waals surface area contributed by atoms with Gasteiger partial charge in [-0.3, -0.25) is 14.9 Å². The molecule has 0 radical (unpaired) electrons. The zero-order chi connectivity index (χ0) is 16.4. The van der Waals surface area contributed by atoms with Crippen LogP contribution in [0.1, 0.15) is 18.0 Å². The van der Waals surface area contributed by atoms with Crippen molar-refractivity contribution in [2.75, 3.05) is 26.7 Å². The SMILES string of the molecule is CN1CCN(C(=O)CC2NC(=O)NC2=O)C(c2ccccc2)C1. The molecule has 4 amide bonds. The van der Waals surface area contributed by atoms with Gasteiger partial charge in [-0.05, 0) is 12.6 Å². The molecule has 0 bridgehead atoms. The Labute approximate surface area is 134 Å². The minimum Gasteiger partial charge on any atom is -0.333 e. The quantitative estimate of drug-likeness (QED) is 0.775. The summed E-state index contributed by atoms with van der Waals surface area (Å²) in [5.41, 5.74) is 1.08. The van der Waals surface area contributed by atoms with Gasteiger partial charge >= 0.3 is 6.03 Å². The summed E-state index contributed by atoms with van der Waals surface area (Å²) in [7, 11) is 2.03. The Bertz CT molecular complexity index is 619. The van der Waals surface area contributed by atoms with Crippen LogP contribution >= 0.6 is 0 Å². The smallest absolute Gasteiger partial charge is 0.322 e. The average molecular weight is 316 g/mol. The van der Waals surface area contributed by atoms with E-state index in [1.54, 1.807) is 0 Å². The van der Waals surface area contributed by atoms with E-state index >= 15 is 0 Å². The number of urea groups is 1. The van der Waals surface area contributed by atoms with Crippen molar-refractivity contribution >= 4 is 17.8 Å². The normalized spacial score (nSPS) is 25.2. The molecule has 2 fully saturated rings. The number of likely N-dealkylation sites (N-methyl/N-ethyl adjacent to an activating group) is 1. The summed E-state index contributed by atoms with van der Waals surface area (Å²) in [6.45, 7) is 2.15. The highest BCUT2D eigenvalue weighted by Crippen LogP contribution is 2.25. The maximum Gasteiger partial charge on any atom is 0.322 e. The molecular weight excluding hydrogens is 296 g/mol. The third-order valence-corrected chi connectivity index (χ3v) is 4.33. The van der Waals surface area contributed by atoms with Crippen LogP contribution in [0, 0.1) is 0 Å². The van der Waals surface area contributed by atoms with Gasteiger partial charge < -0.3 is 15.1 Å². The molecule has 7 heteroatoms. The van der Waals surface area contributed by atoms with Crippen LogP contribution < -0.4 is 10.6 Å². The molecule has 0 aliphatic carbocycles. The van der Waals surface area contributed by atoms with E-state index in [9.17, 15) is 14.4 Å². The van der Waals surface area contributed by atoms with E-state index in [4.69, 9.17) is 0 Å². The van der Waals surface area contributed by atoms with E-state index < -0.39 is 18.0 Å². The Hall–Kier alpha value is -2.41. The highest BCUT2D eigenvalue weighted by molar-refractivity contribution is 6.05. The summed E-state index contributed by atoms with van der Waals surface area (Å²) in [6.07, 6.45) is -0.00930. The Kier molecular flexibility index (Phi) is 4.29. The van der Waals surface area contributed by atoms with E-state index in [-0.39, 0.29) is 18.4 Å². The van der Waals surface area contributed by atoms with Crippen LogP contribution in [0.4, 0.5) is 4.79 Å². The van der Waals surface area contributed by atoms with Gasteiger partial charge in [0.2, 0.25) is 5.91 Å². The summed E-state index contributed by atoms with van der Waals surface area (Å²) in [6, 6.07) is 8.52. The molecule has 2 N–H and O–H groups in total. The van der Waals surface area contributed by atoms with E-state index in [0.717, 1.165) is 18.7 Å². The number of carbonyl (C=O) groups excluding carboxylic acids is 3. The topological polar surface area (TPSA) is 81.8 Å². The number of nitrogens with zero attached hydrogens (tertiary/aromatic N) is 2. The van der Waals surface area contributed by atoms with Crippen LogP contribution in [0.15, 0.2) is 30.3 Å². The van der Waals surface area contributed by atoms with Gasteiger partial charge in [-0.15, -0.1) is 0 Å². The number of imide groups is 1. The minimum absolute atomic E-state index is 0.00930. The van der Waals surface area contributed by atoms with Gasteiger partial charge in [0.15, 0.2) is 0 Å². The third-order valence-electron chi connectivity index (χ3n) is 4.33. The number of hydrogen-bond acceptors (Lipinski definition) is 4. The van der Waals surface area contributed by atoms with Gasteiger partial charge in [0.25, 0.3) is 5.91 Å². The van der Waals surface area contributed by atoms with Crippen LogP contribution in [-0.2, 0) is 9.59 Å². The minimum atomic E-state index is -0.772. The number of rotatable bonds is 3. The Balaban J connectivity index is 1.74. The first-order valence-electron chi connectivity index (χ1n) is 7.69. The fourth-order valence-electron chi connectivity index (χ4n) is 3.07. The standard InChI is InChI=1S/C16H20N4O3/c1-19-7-8-20(13(10-19)11-5-3-2-4-6-11)14(21)9-12-15(22)18-16(23)17-12/h2-6,12-13H,7-10H2,1H3,(H2,17,18,22,23). The number of amides is 4. The summed E-state index contributed by atoms with van der Waals surface area (Å²) >= 11 is 0. The molecule has 2 aliphatic heterocycles. The average Bonchev–Trinajstić information content (AvgIpc) is 2.85. The fraction of sp³-hybridized carbons (Fsp3) is 0.438. The van der Waals surface area contributed by atoms with Crippen LogP contribution in [0.5, 0.6) is 0 Å². The van der Waals surface area contributed by atoms with Crippen molar-refractivity contribution in [2.24, 2.45) is 0 Å². The van der Waals surface area contributed by atoms with Crippen LogP contribution in [0.2, 0.25) is 0 Å². The second kappa shape index (κ2) is 6.37. The Morgan fingerprint density at radius 1 is 1.22 bits per heavy atom. The maximum absolute atomic E-state index is 12.7. The van der Waals surface area contributed by atoms with Crippen molar-refractivity contribution in [3.8, 4) is 0 Å². The first-order chi connectivity index (χ1) is 11.0. The monoisotopic (exact) mass is 316 g/mol. The van der Waals surface area contributed by atoms with Crippen molar-refractivity contribution < 1.29 is 14.4 Å². The molecule has 1 aromatic carbocycles. The second-order valence-electron chi connectivity index (χ2n) is 6.00. The molecule has 0 saturated carbocycles. The van der Waals surface area contributed by atoms with E-state index in [2.05, 4.69) is 15.5 Å². The molecular formula is C16H20N4O3. The summed E-state index contributed by atoms with van der Waals surface area (Å²) < 4.78 is 0. The summed E-state index contributed by atoms with van der Waals surface area (Å²) in [4.78, 5) is 39.5. The molecule has 2 saturated heterocycles. The van der Waals surface area contributed by atoms with E-state index in [1.165, 1.54) is 0 Å². The van der Waals surface area contributed by atoms with E-state index in [1.807, 2.05) is 42.3 Å². The number of piperazine rings is 1. The van der Waals surface area contributed by atoms with Gasteiger partial charge in [0.05, 0.1) is 12.5 Å². The number of benzene rings is 1. The summed E-state index contributed by atoms with van der Waals surface area (Å²) in [5.74, 6) is -0.553. The lowest BCUT2D eigenvalue weighted by Crippen LogP contribution is -2.50. The lowest BCUT2D eigenvalue weighted by molar-refractivity contribution is -0.138. The van der Waals surface area contributed by atoms with Crippen LogP contribution in [-0.4, -0.2) is 60.4 Å². The largest absolute Gasteiger partial charge is 0.333 e. The molecule has 0 aromatic heterocycles. The van der Waals surface area contributed by atoms with Gasteiger partial charge in [-0.25, -0.2) is 4.79 Å². The molecule has 2 unspecified atom stereocenters. The molecule has 1 aromatic rings. The predicted molar refractivity (Wildman–Crippen MR) is 83.5 cm³/mol. The number of hydrogen-bond donors (Lipinski definition) is 2. The van der Waals surface area contributed by atoms with Gasteiger partial charge in [0, 0.05) is 19.6 Å². The van der Waals surface area contributed by atoms with Crippen LogP contribution in [0.3, 0.4) is 0 Å². The highest BCUT2D eigenvalue weighted by atomic mass is 16.2. The van der Waals surface area contributed by atoms with Gasteiger partial charge in [-0.1, -0.05) is 30.3 Å². The van der Waals surface area contributed by atoms with Crippen LogP contribution in [0.25, 0.3) is 0 Å². The molecule has 7 nitrogen and oxygen atoms in total. The van der Waals surface area contributed by atoms with E-state index in [0.29, 0.717) is 6.54 Å². The second-order valence-corrected chi connectivity index (χ2v) is 6.00. The van der Waals surface area contributed by atoms with Gasteiger partial charge in [0.1, 0.15) is 6.04 Å². The maximum atomic E-state index is 12.7. The number of nitrogens with one attached hydrogen (secondary N) is 2. The molecule has 3 rings (SSSR count). The molecule has 2 atom stereocenters. The lowest BCUT2D eigenvalue weighted by Gasteiger charge is -2.40. The molecule has 2 aliphatic rings. The first-order valence-corrected chi connectivity index (χ1v) is 7.69. The first kappa shape index (κ1) is 15.5. The molecule has 23 heavy (non-hydrogen) atoms. The molecule has 0 spiro atoms. The van der Waals surface area contributed by atoms with Crippen molar-refractivity contribution in [3.05, 3.63) is 35.9 Å². The van der Waals surface area contributed by atoms with Crippen molar-refractivity contribution in [2.45, 2.75) is 18.5 Å². The molecule has 2 heterocycles.